The molecule has 0 saturated heterocycles. The predicted molar refractivity (Wildman–Crippen MR) is 47.3 cm³/mol. The number of quaternary nitrogens is 1. The molecule has 0 spiro atoms. The molecule has 3 N–H and O–H groups in total. The molecule has 11 heavy (non-hydrogen) atoms. The summed E-state index contributed by atoms with van der Waals surface area (Å²) in [6.07, 6.45) is 1.34. The largest absolute Gasteiger partial charge is 0.367 e. The number of rotatable bonds is 3. The minimum Gasteiger partial charge on any atom is -0.367 e. The molecule has 0 heterocycles. The van der Waals surface area contributed by atoms with Crippen LogP contribution in [-0.2, 0) is 4.74 Å². The third-order valence-corrected chi connectivity index (χ3v) is 1.73. The molecule has 0 aliphatic rings. The summed E-state index contributed by atoms with van der Waals surface area (Å²) < 4.78 is 5.73. The quantitative estimate of drug-likeness (QED) is 0.662. The number of ether oxygens (including phenoxy) is 1. The summed E-state index contributed by atoms with van der Waals surface area (Å²) in [5.41, 5.74) is 3.98. The Kier molecular flexibility index (Phi) is 4.04. The Labute approximate surface area is 70.1 Å². The van der Waals surface area contributed by atoms with E-state index in [-0.39, 0.29) is 11.7 Å². The monoisotopic (exact) mass is 160 g/mol. The molecule has 68 valence electrons. The molecule has 0 fully saturated rings. The Morgan fingerprint density at radius 3 is 2.09 bits per heavy atom. The van der Waals surface area contributed by atoms with Gasteiger partial charge in [0.2, 0.25) is 0 Å². The SMILES string of the molecule is CCC([NH3+])C(C)OC(C)(C)C. The number of hydrogen-bond acceptors (Lipinski definition) is 1. The van der Waals surface area contributed by atoms with E-state index in [2.05, 4.69) is 40.4 Å². The Bertz CT molecular complexity index is 107. The molecule has 0 rings (SSSR count). The van der Waals surface area contributed by atoms with Crippen LogP contribution in [0, 0.1) is 0 Å². The van der Waals surface area contributed by atoms with Gasteiger partial charge < -0.3 is 10.5 Å². The molecule has 0 aromatic rings. The lowest BCUT2D eigenvalue weighted by Crippen LogP contribution is -2.66. The van der Waals surface area contributed by atoms with Crippen LogP contribution in [0.25, 0.3) is 0 Å². The summed E-state index contributed by atoms with van der Waals surface area (Å²) in [6, 6.07) is 0.411. The van der Waals surface area contributed by atoms with Gasteiger partial charge in [0, 0.05) is 0 Å². The topological polar surface area (TPSA) is 36.9 Å². The second kappa shape index (κ2) is 4.07. The first-order chi connectivity index (χ1) is 4.87. The zero-order valence-corrected chi connectivity index (χ0v) is 8.48. The summed E-state index contributed by atoms with van der Waals surface area (Å²) in [5.74, 6) is 0. The van der Waals surface area contributed by atoms with Crippen LogP contribution < -0.4 is 5.73 Å². The zero-order chi connectivity index (χ0) is 9.07. The van der Waals surface area contributed by atoms with Crippen LogP contribution in [0.5, 0.6) is 0 Å². The van der Waals surface area contributed by atoms with Crippen molar-refractivity contribution in [2.75, 3.05) is 0 Å². The van der Waals surface area contributed by atoms with E-state index in [1.165, 1.54) is 0 Å². The molecule has 2 atom stereocenters. The van der Waals surface area contributed by atoms with Crippen molar-refractivity contribution in [3.05, 3.63) is 0 Å². The van der Waals surface area contributed by atoms with Crippen molar-refractivity contribution in [3.8, 4) is 0 Å². The zero-order valence-electron chi connectivity index (χ0n) is 8.48. The molecule has 2 unspecified atom stereocenters. The molecule has 0 amide bonds. The van der Waals surface area contributed by atoms with Gasteiger partial charge in [-0.05, 0) is 34.1 Å². The third kappa shape index (κ3) is 5.22. The normalized spacial score (nSPS) is 18.0. The third-order valence-electron chi connectivity index (χ3n) is 1.73. The van der Waals surface area contributed by atoms with E-state index in [0.29, 0.717) is 6.04 Å². The number of hydrogen-bond donors (Lipinski definition) is 1. The highest BCUT2D eigenvalue weighted by atomic mass is 16.5. The molecule has 2 heteroatoms. The van der Waals surface area contributed by atoms with Crippen molar-refractivity contribution in [2.45, 2.75) is 58.8 Å². The molecule has 2 nitrogen and oxygen atoms in total. The van der Waals surface area contributed by atoms with Crippen molar-refractivity contribution >= 4 is 0 Å². The lowest BCUT2D eigenvalue weighted by molar-refractivity contribution is -0.442. The van der Waals surface area contributed by atoms with Crippen molar-refractivity contribution in [2.24, 2.45) is 0 Å². The van der Waals surface area contributed by atoms with Gasteiger partial charge in [0.05, 0.1) is 5.60 Å². The molecule has 0 aromatic carbocycles. The Morgan fingerprint density at radius 1 is 1.36 bits per heavy atom. The highest BCUT2D eigenvalue weighted by molar-refractivity contribution is 4.67. The highest BCUT2D eigenvalue weighted by Gasteiger charge is 2.21. The van der Waals surface area contributed by atoms with E-state index in [1.54, 1.807) is 0 Å². The maximum Gasteiger partial charge on any atom is 0.110 e. The first-order valence-corrected chi connectivity index (χ1v) is 4.37. The maximum absolute atomic E-state index is 5.73. The molecule has 0 saturated carbocycles. The Balaban J connectivity index is 3.77. The summed E-state index contributed by atoms with van der Waals surface area (Å²) >= 11 is 0. The standard InChI is InChI=1S/C9H21NO/c1-6-8(10)7(2)11-9(3,4)5/h7-8H,6,10H2,1-5H3/p+1. The lowest BCUT2D eigenvalue weighted by Gasteiger charge is -2.26. The molecule has 0 radical (unpaired) electrons. The van der Waals surface area contributed by atoms with E-state index < -0.39 is 0 Å². The second-order valence-electron chi connectivity index (χ2n) is 4.10. The van der Waals surface area contributed by atoms with Crippen LogP contribution in [0.3, 0.4) is 0 Å². The second-order valence-corrected chi connectivity index (χ2v) is 4.10. The van der Waals surface area contributed by atoms with Crippen molar-refractivity contribution in [1.82, 2.24) is 0 Å². The summed E-state index contributed by atoms with van der Waals surface area (Å²) in [6.45, 7) is 10.5. The van der Waals surface area contributed by atoms with Crippen molar-refractivity contribution in [3.63, 3.8) is 0 Å². The summed E-state index contributed by atoms with van der Waals surface area (Å²) in [7, 11) is 0. The molecule has 0 aromatic heterocycles. The predicted octanol–water partition coefficient (Wildman–Crippen LogP) is 1.21. The van der Waals surface area contributed by atoms with Crippen LogP contribution in [0.4, 0.5) is 0 Å². The molecule has 0 aliphatic heterocycles. The van der Waals surface area contributed by atoms with Crippen molar-refractivity contribution < 1.29 is 10.5 Å². The van der Waals surface area contributed by atoms with Crippen LogP contribution in [0.2, 0.25) is 0 Å². The van der Waals surface area contributed by atoms with Crippen molar-refractivity contribution in [1.29, 1.82) is 0 Å². The maximum atomic E-state index is 5.73. The van der Waals surface area contributed by atoms with Crippen LogP contribution in [-0.4, -0.2) is 17.7 Å². The fourth-order valence-corrected chi connectivity index (χ4v) is 0.986. The molecule has 0 aliphatic carbocycles. The van der Waals surface area contributed by atoms with Gasteiger partial charge in [0.1, 0.15) is 12.1 Å². The summed E-state index contributed by atoms with van der Waals surface area (Å²) in [5, 5.41) is 0. The van der Waals surface area contributed by atoms with Gasteiger partial charge in [-0.3, -0.25) is 0 Å². The lowest BCUT2D eigenvalue weighted by atomic mass is 10.1. The van der Waals surface area contributed by atoms with E-state index in [0.717, 1.165) is 6.42 Å². The van der Waals surface area contributed by atoms with Crippen LogP contribution >= 0.6 is 0 Å². The molecular formula is C9H22NO+. The average Bonchev–Trinajstić information content (AvgIpc) is 1.82. The van der Waals surface area contributed by atoms with Crippen LogP contribution in [0.15, 0.2) is 0 Å². The summed E-state index contributed by atoms with van der Waals surface area (Å²) in [4.78, 5) is 0. The van der Waals surface area contributed by atoms with Crippen LogP contribution in [0.1, 0.15) is 41.0 Å². The van der Waals surface area contributed by atoms with Gasteiger partial charge in [-0.15, -0.1) is 0 Å². The fraction of sp³-hybridized carbons (Fsp3) is 1.00. The van der Waals surface area contributed by atoms with Gasteiger partial charge in [-0.25, -0.2) is 0 Å². The Morgan fingerprint density at radius 2 is 1.82 bits per heavy atom. The Hall–Kier alpha value is -0.0800. The van der Waals surface area contributed by atoms with Gasteiger partial charge in [-0.2, -0.15) is 0 Å². The molecule has 0 bridgehead atoms. The van der Waals surface area contributed by atoms with E-state index in [4.69, 9.17) is 4.74 Å². The first kappa shape index (κ1) is 10.9. The van der Waals surface area contributed by atoms with E-state index >= 15 is 0 Å². The van der Waals surface area contributed by atoms with E-state index in [9.17, 15) is 0 Å². The fourth-order valence-electron chi connectivity index (χ4n) is 0.986. The van der Waals surface area contributed by atoms with Gasteiger partial charge in [0.15, 0.2) is 0 Å². The van der Waals surface area contributed by atoms with Gasteiger partial charge in [-0.1, -0.05) is 6.92 Å². The first-order valence-electron chi connectivity index (χ1n) is 4.37. The average molecular weight is 160 g/mol. The molecular weight excluding hydrogens is 138 g/mol. The minimum atomic E-state index is -0.0372. The van der Waals surface area contributed by atoms with Gasteiger partial charge in [0.25, 0.3) is 0 Å². The minimum absolute atomic E-state index is 0.0372. The highest BCUT2D eigenvalue weighted by Crippen LogP contribution is 2.12. The van der Waals surface area contributed by atoms with Gasteiger partial charge >= 0.3 is 0 Å². The smallest absolute Gasteiger partial charge is 0.110 e. The van der Waals surface area contributed by atoms with E-state index in [1.807, 2.05) is 0 Å².